The summed E-state index contributed by atoms with van der Waals surface area (Å²) in [7, 11) is 2.18. The number of hydrogen-bond acceptors (Lipinski definition) is 1. The van der Waals surface area contributed by atoms with Gasteiger partial charge in [-0.3, -0.25) is 0 Å². The number of halogens is 1. The Kier molecular flexibility index (Phi) is 2.80. The first-order valence-electron chi connectivity index (χ1n) is 5.14. The first-order chi connectivity index (χ1) is 6.68. The maximum absolute atomic E-state index is 6.21. The minimum atomic E-state index is 0.594. The Balaban J connectivity index is 2.43. The average Bonchev–Trinajstić information content (AvgIpc) is 2.28. The van der Waals surface area contributed by atoms with Crippen molar-refractivity contribution >= 4 is 11.6 Å². The predicted molar refractivity (Wildman–Crippen MR) is 61.1 cm³/mol. The molecule has 76 valence electrons. The molecule has 0 aromatic heterocycles. The molecule has 0 N–H and O–H groups in total. The van der Waals surface area contributed by atoms with Crippen molar-refractivity contribution in [3.05, 3.63) is 34.3 Å². The van der Waals surface area contributed by atoms with Crippen LogP contribution in [0.3, 0.4) is 0 Å². The van der Waals surface area contributed by atoms with Gasteiger partial charge < -0.3 is 4.90 Å². The van der Waals surface area contributed by atoms with Gasteiger partial charge >= 0.3 is 0 Å². The van der Waals surface area contributed by atoms with Crippen LogP contribution >= 0.6 is 11.6 Å². The topological polar surface area (TPSA) is 3.24 Å². The third-order valence-electron chi connectivity index (χ3n) is 3.02. The number of rotatable bonds is 0. The Morgan fingerprint density at radius 3 is 3.00 bits per heavy atom. The van der Waals surface area contributed by atoms with Crippen LogP contribution in [0.25, 0.3) is 0 Å². The molecule has 0 saturated carbocycles. The first-order valence-corrected chi connectivity index (χ1v) is 5.52. The molecule has 1 unspecified atom stereocenters. The highest BCUT2D eigenvalue weighted by Gasteiger charge is 2.18. The molecule has 14 heavy (non-hydrogen) atoms. The van der Waals surface area contributed by atoms with Gasteiger partial charge in [0.1, 0.15) is 0 Å². The van der Waals surface area contributed by atoms with Crippen LogP contribution in [0.15, 0.2) is 18.2 Å². The minimum absolute atomic E-state index is 0.594. The molecule has 0 amide bonds. The highest BCUT2D eigenvalue weighted by atomic mass is 35.5. The lowest BCUT2D eigenvalue weighted by Gasteiger charge is -2.16. The highest BCUT2D eigenvalue weighted by Crippen LogP contribution is 2.29. The maximum Gasteiger partial charge on any atom is 0.0441 e. The fraction of sp³-hybridized carbons (Fsp3) is 0.500. The summed E-state index contributed by atoms with van der Waals surface area (Å²) < 4.78 is 0. The van der Waals surface area contributed by atoms with Gasteiger partial charge in [-0.1, -0.05) is 30.7 Å². The summed E-state index contributed by atoms with van der Waals surface area (Å²) in [5.41, 5.74) is 2.79. The summed E-state index contributed by atoms with van der Waals surface area (Å²) in [6.07, 6.45) is 1.08. The van der Waals surface area contributed by atoms with Gasteiger partial charge in [0.15, 0.2) is 0 Å². The van der Waals surface area contributed by atoms with Crippen molar-refractivity contribution in [1.82, 2.24) is 4.90 Å². The fourth-order valence-electron chi connectivity index (χ4n) is 2.26. The molecule has 1 atom stereocenters. The van der Waals surface area contributed by atoms with Crippen LogP contribution in [-0.2, 0) is 6.42 Å². The van der Waals surface area contributed by atoms with Gasteiger partial charge in [0.25, 0.3) is 0 Å². The van der Waals surface area contributed by atoms with E-state index < -0.39 is 0 Å². The molecule has 0 spiro atoms. The first kappa shape index (κ1) is 10.0. The molecule has 0 radical (unpaired) electrons. The second-order valence-corrected chi connectivity index (χ2v) is 4.63. The van der Waals surface area contributed by atoms with E-state index in [1.54, 1.807) is 0 Å². The quantitative estimate of drug-likeness (QED) is 0.635. The Labute approximate surface area is 90.7 Å². The van der Waals surface area contributed by atoms with Crippen molar-refractivity contribution in [1.29, 1.82) is 0 Å². The molecule has 0 saturated heterocycles. The van der Waals surface area contributed by atoms with E-state index in [1.807, 2.05) is 6.07 Å². The SMILES string of the molecule is CC1CN(C)CCc2c(Cl)cccc21. The van der Waals surface area contributed by atoms with E-state index in [2.05, 4.69) is 31.0 Å². The molecular weight excluding hydrogens is 194 g/mol. The maximum atomic E-state index is 6.21. The molecule has 1 aliphatic rings. The summed E-state index contributed by atoms with van der Waals surface area (Å²) in [5, 5.41) is 0.935. The summed E-state index contributed by atoms with van der Waals surface area (Å²) in [6, 6.07) is 6.27. The van der Waals surface area contributed by atoms with Crippen LogP contribution in [0, 0.1) is 0 Å². The zero-order chi connectivity index (χ0) is 10.1. The van der Waals surface area contributed by atoms with Crippen LogP contribution in [0.2, 0.25) is 5.02 Å². The number of benzene rings is 1. The average molecular weight is 210 g/mol. The zero-order valence-electron chi connectivity index (χ0n) is 8.76. The van der Waals surface area contributed by atoms with Gasteiger partial charge in [-0.15, -0.1) is 0 Å². The Morgan fingerprint density at radius 2 is 2.21 bits per heavy atom. The van der Waals surface area contributed by atoms with Crippen molar-refractivity contribution < 1.29 is 0 Å². The van der Waals surface area contributed by atoms with Crippen LogP contribution in [0.4, 0.5) is 0 Å². The van der Waals surface area contributed by atoms with E-state index in [0.717, 1.165) is 24.5 Å². The number of hydrogen-bond donors (Lipinski definition) is 0. The molecular formula is C12H16ClN. The number of fused-ring (bicyclic) bond motifs is 1. The molecule has 2 heteroatoms. The van der Waals surface area contributed by atoms with E-state index in [9.17, 15) is 0 Å². The second kappa shape index (κ2) is 3.92. The number of nitrogens with zero attached hydrogens (tertiary/aromatic N) is 1. The highest BCUT2D eigenvalue weighted by molar-refractivity contribution is 6.31. The smallest absolute Gasteiger partial charge is 0.0441 e. The fourth-order valence-corrected chi connectivity index (χ4v) is 2.54. The van der Waals surface area contributed by atoms with E-state index >= 15 is 0 Å². The molecule has 1 aromatic carbocycles. The second-order valence-electron chi connectivity index (χ2n) is 4.22. The van der Waals surface area contributed by atoms with Crippen molar-refractivity contribution in [2.24, 2.45) is 0 Å². The van der Waals surface area contributed by atoms with E-state index in [1.165, 1.54) is 11.1 Å². The van der Waals surface area contributed by atoms with Crippen molar-refractivity contribution in [3.8, 4) is 0 Å². The molecule has 1 nitrogen and oxygen atoms in total. The number of likely N-dealkylation sites (N-methyl/N-ethyl adjacent to an activating group) is 1. The van der Waals surface area contributed by atoms with E-state index in [0.29, 0.717) is 5.92 Å². The van der Waals surface area contributed by atoms with Crippen LogP contribution < -0.4 is 0 Å². The Morgan fingerprint density at radius 1 is 1.43 bits per heavy atom. The minimum Gasteiger partial charge on any atom is -0.305 e. The largest absolute Gasteiger partial charge is 0.305 e. The van der Waals surface area contributed by atoms with Crippen LogP contribution in [0.5, 0.6) is 0 Å². The van der Waals surface area contributed by atoms with Gasteiger partial charge in [0.2, 0.25) is 0 Å². The zero-order valence-corrected chi connectivity index (χ0v) is 9.51. The van der Waals surface area contributed by atoms with Gasteiger partial charge in [0, 0.05) is 18.1 Å². The third-order valence-corrected chi connectivity index (χ3v) is 3.37. The van der Waals surface area contributed by atoms with Gasteiger partial charge in [0.05, 0.1) is 0 Å². The van der Waals surface area contributed by atoms with E-state index in [4.69, 9.17) is 11.6 Å². The lowest BCUT2D eigenvalue weighted by atomic mass is 9.95. The van der Waals surface area contributed by atoms with Crippen LogP contribution in [0.1, 0.15) is 24.0 Å². The molecule has 0 fully saturated rings. The van der Waals surface area contributed by atoms with Gasteiger partial charge in [-0.2, -0.15) is 0 Å². The molecule has 2 rings (SSSR count). The summed E-state index contributed by atoms with van der Waals surface area (Å²) in [4.78, 5) is 2.38. The predicted octanol–water partition coefficient (Wildman–Crippen LogP) is 2.93. The lowest BCUT2D eigenvalue weighted by Crippen LogP contribution is -2.22. The molecule has 0 aliphatic carbocycles. The Bertz CT molecular complexity index is 335. The summed E-state index contributed by atoms with van der Waals surface area (Å²) in [5.74, 6) is 0.594. The monoisotopic (exact) mass is 209 g/mol. The summed E-state index contributed by atoms with van der Waals surface area (Å²) >= 11 is 6.21. The van der Waals surface area contributed by atoms with Crippen molar-refractivity contribution in [2.75, 3.05) is 20.1 Å². The molecule has 1 aromatic rings. The lowest BCUT2D eigenvalue weighted by molar-refractivity contribution is 0.332. The normalized spacial score (nSPS) is 22.9. The van der Waals surface area contributed by atoms with Crippen molar-refractivity contribution in [3.63, 3.8) is 0 Å². The molecule has 1 heterocycles. The summed E-state index contributed by atoms with van der Waals surface area (Å²) in [6.45, 7) is 4.52. The van der Waals surface area contributed by atoms with E-state index in [-0.39, 0.29) is 0 Å². The van der Waals surface area contributed by atoms with Crippen LogP contribution in [-0.4, -0.2) is 25.0 Å². The standard InChI is InChI=1S/C12H16ClN/c1-9-8-14(2)7-6-11-10(9)4-3-5-12(11)13/h3-5,9H,6-8H2,1-2H3. The molecule has 0 bridgehead atoms. The Hall–Kier alpha value is -0.530. The van der Waals surface area contributed by atoms with Crippen molar-refractivity contribution in [2.45, 2.75) is 19.3 Å². The van der Waals surface area contributed by atoms with Gasteiger partial charge in [-0.05, 0) is 36.6 Å². The third kappa shape index (κ3) is 1.79. The van der Waals surface area contributed by atoms with Gasteiger partial charge in [-0.25, -0.2) is 0 Å². The molecule has 1 aliphatic heterocycles.